The van der Waals surface area contributed by atoms with Crippen LogP contribution in [0.25, 0.3) is 11.0 Å². The first-order valence-corrected chi connectivity index (χ1v) is 6.95. The molecule has 116 valence electrons. The summed E-state index contributed by atoms with van der Waals surface area (Å²) in [4.78, 5) is 20.8. The number of nitrogens with zero attached hydrogens (tertiary/aromatic N) is 2. The molecular formula is C17H15N3O3. The van der Waals surface area contributed by atoms with Gasteiger partial charge in [0.05, 0.1) is 25.3 Å². The van der Waals surface area contributed by atoms with Gasteiger partial charge in [-0.1, -0.05) is 0 Å². The molecule has 0 saturated carbocycles. The Bertz CT molecular complexity index is 842. The summed E-state index contributed by atoms with van der Waals surface area (Å²) in [5, 5.41) is 2.84. The van der Waals surface area contributed by atoms with Crippen molar-refractivity contribution in [2.75, 3.05) is 19.5 Å². The van der Waals surface area contributed by atoms with E-state index < -0.39 is 0 Å². The number of aromatic nitrogens is 2. The van der Waals surface area contributed by atoms with Crippen LogP contribution < -0.4 is 14.8 Å². The molecule has 6 nitrogen and oxygen atoms in total. The minimum atomic E-state index is -0.259. The molecule has 0 saturated heterocycles. The Balaban J connectivity index is 1.88. The number of anilines is 1. The average Bonchev–Trinajstić information content (AvgIpc) is 2.61. The van der Waals surface area contributed by atoms with Crippen LogP contribution in [0.2, 0.25) is 0 Å². The molecule has 23 heavy (non-hydrogen) atoms. The summed E-state index contributed by atoms with van der Waals surface area (Å²) in [7, 11) is 3.08. The lowest BCUT2D eigenvalue weighted by Gasteiger charge is -2.09. The lowest BCUT2D eigenvalue weighted by atomic mass is 10.1. The molecule has 1 amide bonds. The predicted octanol–water partition coefficient (Wildman–Crippen LogP) is 2.90. The molecule has 0 radical (unpaired) electrons. The van der Waals surface area contributed by atoms with Crippen molar-refractivity contribution in [3.63, 3.8) is 0 Å². The number of ether oxygens (including phenoxy) is 2. The van der Waals surface area contributed by atoms with E-state index in [4.69, 9.17) is 9.47 Å². The van der Waals surface area contributed by atoms with Crippen LogP contribution in [-0.2, 0) is 0 Å². The first-order valence-electron chi connectivity index (χ1n) is 6.95. The number of hydrogen-bond acceptors (Lipinski definition) is 5. The Hall–Kier alpha value is -3.15. The molecule has 0 atom stereocenters. The van der Waals surface area contributed by atoms with Gasteiger partial charge in [0.1, 0.15) is 11.5 Å². The number of amides is 1. The van der Waals surface area contributed by atoms with Gasteiger partial charge in [-0.05, 0) is 30.3 Å². The van der Waals surface area contributed by atoms with Crippen molar-refractivity contribution in [2.24, 2.45) is 0 Å². The summed E-state index contributed by atoms with van der Waals surface area (Å²) in [5.41, 5.74) is 2.58. The molecule has 0 unspecified atom stereocenters. The molecule has 6 heteroatoms. The summed E-state index contributed by atoms with van der Waals surface area (Å²) >= 11 is 0. The summed E-state index contributed by atoms with van der Waals surface area (Å²) in [6.45, 7) is 0. The highest BCUT2D eigenvalue weighted by Crippen LogP contribution is 2.23. The van der Waals surface area contributed by atoms with Gasteiger partial charge in [-0.3, -0.25) is 14.8 Å². The Morgan fingerprint density at radius 1 is 0.913 bits per heavy atom. The number of carbonyl (C=O) groups excluding carboxylic acids is 1. The van der Waals surface area contributed by atoms with E-state index >= 15 is 0 Å². The van der Waals surface area contributed by atoms with Gasteiger partial charge in [0.15, 0.2) is 0 Å². The second-order valence-electron chi connectivity index (χ2n) is 4.82. The highest BCUT2D eigenvalue weighted by molar-refractivity contribution is 6.05. The van der Waals surface area contributed by atoms with E-state index in [1.165, 1.54) is 0 Å². The Morgan fingerprint density at radius 3 is 2.22 bits per heavy atom. The molecular weight excluding hydrogens is 294 g/mol. The molecule has 3 aromatic rings. The van der Waals surface area contributed by atoms with Crippen molar-refractivity contribution in [3.8, 4) is 11.5 Å². The van der Waals surface area contributed by atoms with E-state index in [2.05, 4.69) is 15.3 Å². The van der Waals surface area contributed by atoms with Gasteiger partial charge in [0.2, 0.25) is 0 Å². The first kappa shape index (κ1) is 14.8. The van der Waals surface area contributed by atoms with Gasteiger partial charge in [0.25, 0.3) is 5.91 Å². The third kappa shape index (κ3) is 3.21. The number of carbonyl (C=O) groups is 1. The standard InChI is InChI=1S/C17H15N3O3/c1-22-13-7-11(8-14(10-13)23-2)17(21)20-12-3-4-15-16(9-12)19-6-5-18-15/h3-10H,1-2H3,(H,20,21). The van der Waals surface area contributed by atoms with Crippen molar-refractivity contribution >= 4 is 22.6 Å². The molecule has 1 N–H and O–H groups in total. The fraction of sp³-hybridized carbons (Fsp3) is 0.118. The smallest absolute Gasteiger partial charge is 0.255 e. The monoisotopic (exact) mass is 309 g/mol. The van der Waals surface area contributed by atoms with Crippen molar-refractivity contribution in [2.45, 2.75) is 0 Å². The molecule has 3 rings (SSSR count). The van der Waals surface area contributed by atoms with Crippen LogP contribution in [-0.4, -0.2) is 30.1 Å². The Labute approximate surface area is 133 Å². The summed E-state index contributed by atoms with van der Waals surface area (Å²) in [6.07, 6.45) is 3.24. The van der Waals surface area contributed by atoms with E-state index in [0.717, 1.165) is 5.52 Å². The average molecular weight is 309 g/mol. The molecule has 1 heterocycles. The molecule has 0 aliphatic rings. The van der Waals surface area contributed by atoms with Crippen molar-refractivity contribution in [1.29, 1.82) is 0 Å². The van der Waals surface area contributed by atoms with Gasteiger partial charge in [0, 0.05) is 29.7 Å². The van der Waals surface area contributed by atoms with E-state index in [0.29, 0.717) is 28.3 Å². The van der Waals surface area contributed by atoms with Crippen LogP contribution in [0.3, 0.4) is 0 Å². The number of fused-ring (bicyclic) bond motifs is 1. The maximum atomic E-state index is 12.4. The second-order valence-corrected chi connectivity index (χ2v) is 4.82. The number of hydrogen-bond donors (Lipinski definition) is 1. The van der Waals surface area contributed by atoms with E-state index in [9.17, 15) is 4.79 Å². The highest BCUT2D eigenvalue weighted by atomic mass is 16.5. The van der Waals surface area contributed by atoms with Crippen LogP contribution >= 0.6 is 0 Å². The van der Waals surface area contributed by atoms with Crippen LogP contribution in [0.5, 0.6) is 11.5 Å². The van der Waals surface area contributed by atoms with Crippen molar-refractivity contribution in [3.05, 3.63) is 54.4 Å². The third-order valence-electron chi connectivity index (χ3n) is 3.34. The van der Waals surface area contributed by atoms with Gasteiger partial charge in [-0.15, -0.1) is 0 Å². The largest absolute Gasteiger partial charge is 0.497 e. The minimum Gasteiger partial charge on any atom is -0.497 e. The van der Waals surface area contributed by atoms with Gasteiger partial charge in [-0.25, -0.2) is 0 Å². The van der Waals surface area contributed by atoms with E-state index in [1.54, 1.807) is 56.9 Å². The van der Waals surface area contributed by atoms with Gasteiger partial charge >= 0.3 is 0 Å². The van der Waals surface area contributed by atoms with Crippen LogP contribution in [0.4, 0.5) is 5.69 Å². The normalized spacial score (nSPS) is 10.3. The zero-order valence-electron chi connectivity index (χ0n) is 12.7. The Morgan fingerprint density at radius 2 is 1.57 bits per heavy atom. The number of nitrogens with one attached hydrogen (secondary N) is 1. The molecule has 0 bridgehead atoms. The quantitative estimate of drug-likeness (QED) is 0.802. The number of rotatable bonds is 4. The van der Waals surface area contributed by atoms with E-state index in [-0.39, 0.29) is 5.91 Å². The SMILES string of the molecule is COc1cc(OC)cc(C(=O)Nc2ccc3nccnc3c2)c1. The molecule has 1 aromatic heterocycles. The predicted molar refractivity (Wildman–Crippen MR) is 87.0 cm³/mol. The summed E-state index contributed by atoms with van der Waals surface area (Å²) in [5.74, 6) is 0.850. The molecule has 0 fully saturated rings. The lowest BCUT2D eigenvalue weighted by molar-refractivity contribution is 0.102. The topological polar surface area (TPSA) is 73.3 Å². The van der Waals surface area contributed by atoms with E-state index in [1.807, 2.05) is 6.07 Å². The molecule has 2 aromatic carbocycles. The zero-order valence-corrected chi connectivity index (χ0v) is 12.7. The summed E-state index contributed by atoms with van der Waals surface area (Å²) < 4.78 is 10.4. The fourth-order valence-electron chi connectivity index (χ4n) is 2.18. The molecule has 0 aliphatic carbocycles. The third-order valence-corrected chi connectivity index (χ3v) is 3.34. The number of benzene rings is 2. The highest BCUT2D eigenvalue weighted by Gasteiger charge is 2.10. The van der Waals surface area contributed by atoms with Crippen molar-refractivity contribution < 1.29 is 14.3 Å². The minimum absolute atomic E-state index is 0.259. The maximum absolute atomic E-state index is 12.4. The van der Waals surface area contributed by atoms with Crippen molar-refractivity contribution in [1.82, 2.24) is 9.97 Å². The van der Waals surface area contributed by atoms with Crippen LogP contribution in [0.15, 0.2) is 48.8 Å². The molecule has 0 spiro atoms. The maximum Gasteiger partial charge on any atom is 0.255 e. The first-order chi connectivity index (χ1) is 11.2. The Kier molecular flexibility index (Phi) is 4.05. The zero-order chi connectivity index (χ0) is 16.2. The van der Waals surface area contributed by atoms with Gasteiger partial charge < -0.3 is 14.8 Å². The molecule has 0 aliphatic heterocycles. The second kappa shape index (κ2) is 6.31. The van der Waals surface area contributed by atoms with Crippen LogP contribution in [0.1, 0.15) is 10.4 Å². The van der Waals surface area contributed by atoms with Crippen LogP contribution in [0, 0.1) is 0 Å². The lowest BCUT2D eigenvalue weighted by Crippen LogP contribution is -2.12. The number of methoxy groups -OCH3 is 2. The fourth-order valence-corrected chi connectivity index (χ4v) is 2.18. The summed E-state index contributed by atoms with van der Waals surface area (Å²) in [6, 6.07) is 10.4. The van der Waals surface area contributed by atoms with Gasteiger partial charge in [-0.2, -0.15) is 0 Å².